The maximum Gasteiger partial charge on any atom is 0.251 e. The SMILES string of the molecule is COc1ccccc1CCNC(=O)CC(NC(=O)c1ccccc1)c1ccccc1. The van der Waals surface area contributed by atoms with Crippen LogP contribution in [-0.4, -0.2) is 25.5 Å². The van der Waals surface area contributed by atoms with Gasteiger partial charge in [0.15, 0.2) is 0 Å². The quantitative estimate of drug-likeness (QED) is 0.570. The molecule has 5 nitrogen and oxygen atoms in total. The van der Waals surface area contributed by atoms with Crippen LogP contribution in [-0.2, 0) is 11.2 Å². The van der Waals surface area contributed by atoms with Gasteiger partial charge in [0.1, 0.15) is 5.75 Å². The molecule has 0 saturated carbocycles. The summed E-state index contributed by atoms with van der Waals surface area (Å²) in [5.74, 6) is 0.488. The van der Waals surface area contributed by atoms with E-state index in [1.54, 1.807) is 19.2 Å². The molecule has 0 aliphatic carbocycles. The summed E-state index contributed by atoms with van der Waals surface area (Å²) in [6, 6.07) is 25.9. The van der Waals surface area contributed by atoms with Crippen molar-refractivity contribution in [3.05, 3.63) is 102 Å². The van der Waals surface area contributed by atoms with Crippen LogP contribution in [0.15, 0.2) is 84.9 Å². The maximum atomic E-state index is 12.6. The molecule has 154 valence electrons. The molecule has 30 heavy (non-hydrogen) atoms. The second-order valence-electron chi connectivity index (χ2n) is 6.92. The van der Waals surface area contributed by atoms with Crippen LogP contribution < -0.4 is 15.4 Å². The summed E-state index contributed by atoms with van der Waals surface area (Å²) in [6.45, 7) is 0.493. The van der Waals surface area contributed by atoms with Crippen LogP contribution in [0.4, 0.5) is 0 Å². The zero-order valence-corrected chi connectivity index (χ0v) is 17.0. The Labute approximate surface area is 177 Å². The van der Waals surface area contributed by atoms with Crippen molar-refractivity contribution in [2.24, 2.45) is 0 Å². The molecule has 1 unspecified atom stereocenters. The second kappa shape index (κ2) is 10.8. The summed E-state index contributed by atoms with van der Waals surface area (Å²) in [7, 11) is 1.64. The Kier molecular flexibility index (Phi) is 7.61. The second-order valence-corrected chi connectivity index (χ2v) is 6.92. The Morgan fingerprint density at radius 1 is 0.867 bits per heavy atom. The Hall–Kier alpha value is -3.60. The van der Waals surface area contributed by atoms with Gasteiger partial charge in [0.05, 0.1) is 19.6 Å². The number of nitrogens with one attached hydrogen (secondary N) is 2. The Bertz CT molecular complexity index is 958. The third-order valence-electron chi connectivity index (χ3n) is 4.84. The van der Waals surface area contributed by atoms with Gasteiger partial charge in [-0.25, -0.2) is 0 Å². The van der Waals surface area contributed by atoms with Crippen molar-refractivity contribution in [1.82, 2.24) is 10.6 Å². The molecule has 0 heterocycles. The van der Waals surface area contributed by atoms with E-state index in [0.717, 1.165) is 16.9 Å². The summed E-state index contributed by atoms with van der Waals surface area (Å²) in [5, 5.41) is 5.94. The number of rotatable bonds is 9. The predicted molar refractivity (Wildman–Crippen MR) is 117 cm³/mol. The van der Waals surface area contributed by atoms with Crippen LogP contribution in [0.3, 0.4) is 0 Å². The summed E-state index contributed by atoms with van der Waals surface area (Å²) in [5.41, 5.74) is 2.49. The molecule has 0 fully saturated rings. The summed E-state index contributed by atoms with van der Waals surface area (Å²) in [6.07, 6.45) is 0.830. The molecular formula is C25H26N2O3. The van der Waals surface area contributed by atoms with Gasteiger partial charge in [-0.05, 0) is 35.7 Å². The molecule has 0 aliphatic heterocycles. The van der Waals surface area contributed by atoms with Gasteiger partial charge >= 0.3 is 0 Å². The van der Waals surface area contributed by atoms with Gasteiger partial charge in [-0.15, -0.1) is 0 Å². The fourth-order valence-corrected chi connectivity index (χ4v) is 3.27. The Morgan fingerprint density at radius 3 is 2.20 bits per heavy atom. The van der Waals surface area contributed by atoms with Gasteiger partial charge in [-0.2, -0.15) is 0 Å². The number of benzene rings is 3. The standard InChI is InChI=1S/C25H26N2O3/c1-30-23-15-9-8-12-20(23)16-17-26-24(28)18-22(19-10-4-2-5-11-19)27-25(29)21-13-6-3-7-14-21/h2-15,22H,16-18H2,1H3,(H,26,28)(H,27,29). The third kappa shape index (κ3) is 5.95. The van der Waals surface area contributed by atoms with Crippen LogP contribution in [0.2, 0.25) is 0 Å². The number of carbonyl (C=O) groups is 2. The van der Waals surface area contributed by atoms with E-state index in [0.29, 0.717) is 18.5 Å². The van der Waals surface area contributed by atoms with Crippen molar-refractivity contribution in [1.29, 1.82) is 0 Å². The lowest BCUT2D eigenvalue weighted by atomic mass is 10.0. The topological polar surface area (TPSA) is 67.4 Å². The number of ether oxygens (including phenoxy) is 1. The number of hydrogen-bond acceptors (Lipinski definition) is 3. The van der Waals surface area contributed by atoms with E-state index in [9.17, 15) is 9.59 Å². The average molecular weight is 402 g/mol. The summed E-state index contributed by atoms with van der Waals surface area (Å²) in [4.78, 5) is 25.2. The molecule has 0 aromatic heterocycles. The van der Waals surface area contributed by atoms with E-state index in [4.69, 9.17) is 4.74 Å². The van der Waals surface area contributed by atoms with Crippen LogP contribution in [0.1, 0.15) is 33.9 Å². The fourth-order valence-electron chi connectivity index (χ4n) is 3.27. The molecule has 0 saturated heterocycles. The average Bonchev–Trinajstić information content (AvgIpc) is 2.80. The monoisotopic (exact) mass is 402 g/mol. The van der Waals surface area contributed by atoms with Gasteiger partial charge in [0.2, 0.25) is 5.91 Å². The van der Waals surface area contributed by atoms with Crippen LogP contribution >= 0.6 is 0 Å². The normalized spacial score (nSPS) is 11.4. The van der Waals surface area contributed by atoms with Gasteiger partial charge in [0.25, 0.3) is 5.91 Å². The van der Waals surface area contributed by atoms with E-state index in [-0.39, 0.29) is 18.2 Å². The van der Waals surface area contributed by atoms with E-state index in [2.05, 4.69) is 10.6 Å². The minimum Gasteiger partial charge on any atom is -0.496 e. The van der Waals surface area contributed by atoms with Crippen LogP contribution in [0.5, 0.6) is 5.75 Å². The predicted octanol–water partition coefficient (Wildman–Crippen LogP) is 3.92. The van der Waals surface area contributed by atoms with Crippen molar-refractivity contribution < 1.29 is 14.3 Å². The van der Waals surface area contributed by atoms with Crippen LogP contribution in [0, 0.1) is 0 Å². The number of carbonyl (C=O) groups excluding carboxylic acids is 2. The fraction of sp³-hybridized carbons (Fsp3) is 0.200. The van der Waals surface area contributed by atoms with Gasteiger partial charge in [-0.1, -0.05) is 66.7 Å². The highest BCUT2D eigenvalue weighted by Gasteiger charge is 2.19. The highest BCUT2D eigenvalue weighted by molar-refractivity contribution is 5.94. The Morgan fingerprint density at radius 2 is 1.50 bits per heavy atom. The number of methoxy groups -OCH3 is 1. The minimum absolute atomic E-state index is 0.118. The molecule has 5 heteroatoms. The van der Waals surface area contributed by atoms with Crippen molar-refractivity contribution in [2.75, 3.05) is 13.7 Å². The lowest BCUT2D eigenvalue weighted by molar-refractivity contribution is -0.121. The maximum absolute atomic E-state index is 12.6. The lowest BCUT2D eigenvalue weighted by Crippen LogP contribution is -2.34. The Balaban J connectivity index is 1.61. The molecule has 3 aromatic carbocycles. The van der Waals surface area contributed by atoms with E-state index >= 15 is 0 Å². The molecule has 0 radical (unpaired) electrons. The van der Waals surface area contributed by atoms with E-state index in [1.807, 2.05) is 72.8 Å². The van der Waals surface area contributed by atoms with Gasteiger partial charge in [-0.3, -0.25) is 9.59 Å². The molecule has 3 aromatic rings. The first-order valence-corrected chi connectivity index (χ1v) is 9.97. The van der Waals surface area contributed by atoms with Crippen molar-refractivity contribution >= 4 is 11.8 Å². The van der Waals surface area contributed by atoms with E-state index in [1.165, 1.54) is 0 Å². The first kappa shape index (κ1) is 21.1. The van der Waals surface area contributed by atoms with E-state index < -0.39 is 6.04 Å². The molecule has 2 N–H and O–H groups in total. The zero-order valence-electron chi connectivity index (χ0n) is 17.0. The van der Waals surface area contributed by atoms with Crippen molar-refractivity contribution in [2.45, 2.75) is 18.9 Å². The third-order valence-corrected chi connectivity index (χ3v) is 4.84. The highest BCUT2D eigenvalue weighted by atomic mass is 16.5. The number of para-hydroxylation sites is 1. The molecule has 0 spiro atoms. The molecule has 3 rings (SSSR count). The van der Waals surface area contributed by atoms with Gasteiger partial charge in [0, 0.05) is 12.1 Å². The molecule has 1 atom stereocenters. The first-order chi connectivity index (χ1) is 14.7. The first-order valence-electron chi connectivity index (χ1n) is 9.97. The van der Waals surface area contributed by atoms with Crippen molar-refractivity contribution in [3.8, 4) is 5.75 Å². The van der Waals surface area contributed by atoms with Gasteiger partial charge < -0.3 is 15.4 Å². The minimum atomic E-state index is -0.412. The largest absolute Gasteiger partial charge is 0.496 e. The molecular weight excluding hydrogens is 376 g/mol. The molecule has 0 aliphatic rings. The highest BCUT2D eigenvalue weighted by Crippen LogP contribution is 2.19. The summed E-state index contributed by atoms with van der Waals surface area (Å²) < 4.78 is 5.35. The molecule has 2 amide bonds. The lowest BCUT2D eigenvalue weighted by Gasteiger charge is -2.19. The summed E-state index contributed by atoms with van der Waals surface area (Å²) >= 11 is 0. The zero-order chi connectivity index (χ0) is 21.2. The van der Waals surface area contributed by atoms with Crippen LogP contribution in [0.25, 0.3) is 0 Å². The number of amides is 2. The smallest absolute Gasteiger partial charge is 0.251 e. The van der Waals surface area contributed by atoms with Crippen molar-refractivity contribution in [3.63, 3.8) is 0 Å². The molecule has 0 bridgehead atoms. The number of hydrogen-bond donors (Lipinski definition) is 2.